The number of furan rings is 1. The molecular weight excluding hydrogens is 587 g/mol. The number of hydrogen-bond donors (Lipinski definition) is 0. The van der Waals surface area contributed by atoms with Gasteiger partial charge in [-0.25, -0.2) is 9.97 Å². The van der Waals surface area contributed by atoms with Gasteiger partial charge in [0.2, 0.25) is 0 Å². The van der Waals surface area contributed by atoms with Crippen LogP contribution in [0.3, 0.4) is 0 Å². The smallest absolute Gasteiger partial charge is 0.160 e. The van der Waals surface area contributed by atoms with E-state index < -0.39 is 0 Å². The summed E-state index contributed by atoms with van der Waals surface area (Å²) in [5.74, 6) is 0.680. The average Bonchev–Trinajstić information content (AvgIpc) is 3.71. The molecule has 10 aromatic rings. The summed E-state index contributed by atoms with van der Waals surface area (Å²) < 4.78 is 8.63. The standard InChI is InChI=1S/C44H27N3O/c1-3-13-28(14-4-1)42-35-25-26-39-41(34-20-8-10-24-38(34)48-39)43(35)46-44(45-42)30-16-11-15-29(27-30)32-21-12-23-37-40(32)33-19-7-9-22-36(33)47(37)31-17-5-2-6-18-31/h1-27H. The molecule has 3 aromatic heterocycles. The van der Waals surface area contributed by atoms with Crippen LogP contribution in [0, 0.1) is 0 Å². The van der Waals surface area contributed by atoms with E-state index in [-0.39, 0.29) is 0 Å². The summed E-state index contributed by atoms with van der Waals surface area (Å²) in [6, 6.07) is 57.2. The highest BCUT2D eigenvalue weighted by Gasteiger charge is 2.19. The minimum Gasteiger partial charge on any atom is -0.456 e. The van der Waals surface area contributed by atoms with Crippen LogP contribution in [0.25, 0.3) is 94.1 Å². The monoisotopic (exact) mass is 613 g/mol. The second kappa shape index (κ2) is 10.5. The lowest BCUT2D eigenvalue weighted by molar-refractivity contribution is 0.669. The predicted octanol–water partition coefficient (Wildman–Crippen LogP) is 11.6. The van der Waals surface area contributed by atoms with Crippen LogP contribution < -0.4 is 0 Å². The third-order valence-corrected chi connectivity index (χ3v) is 9.40. The van der Waals surface area contributed by atoms with E-state index >= 15 is 0 Å². The molecule has 0 aliphatic heterocycles. The maximum Gasteiger partial charge on any atom is 0.160 e. The summed E-state index contributed by atoms with van der Waals surface area (Å²) >= 11 is 0. The number of nitrogens with zero attached hydrogens (tertiary/aromatic N) is 3. The zero-order chi connectivity index (χ0) is 31.6. The summed E-state index contributed by atoms with van der Waals surface area (Å²) in [6.45, 7) is 0. The maximum absolute atomic E-state index is 6.28. The molecule has 4 heteroatoms. The minimum absolute atomic E-state index is 0.680. The fourth-order valence-corrected chi connectivity index (χ4v) is 7.29. The van der Waals surface area contributed by atoms with Gasteiger partial charge in [0.15, 0.2) is 5.82 Å². The van der Waals surface area contributed by atoms with Gasteiger partial charge in [-0.3, -0.25) is 0 Å². The molecular formula is C44H27N3O. The van der Waals surface area contributed by atoms with Crippen LogP contribution in [0.2, 0.25) is 0 Å². The molecule has 0 unspecified atom stereocenters. The van der Waals surface area contributed by atoms with E-state index in [0.717, 1.165) is 60.9 Å². The molecule has 4 nitrogen and oxygen atoms in total. The number of fused-ring (bicyclic) bond motifs is 8. The maximum atomic E-state index is 6.28. The van der Waals surface area contributed by atoms with Gasteiger partial charge >= 0.3 is 0 Å². The number of hydrogen-bond acceptors (Lipinski definition) is 3. The molecule has 0 bridgehead atoms. The highest BCUT2D eigenvalue weighted by molar-refractivity contribution is 6.19. The summed E-state index contributed by atoms with van der Waals surface area (Å²) in [6.07, 6.45) is 0. The van der Waals surface area contributed by atoms with Gasteiger partial charge in [0.1, 0.15) is 11.2 Å². The van der Waals surface area contributed by atoms with Crippen LogP contribution in [0.5, 0.6) is 0 Å². The minimum atomic E-state index is 0.680. The van der Waals surface area contributed by atoms with Crippen molar-refractivity contribution in [1.29, 1.82) is 0 Å². The zero-order valence-electron chi connectivity index (χ0n) is 25.8. The van der Waals surface area contributed by atoms with Crippen molar-refractivity contribution in [3.05, 3.63) is 164 Å². The van der Waals surface area contributed by atoms with Gasteiger partial charge < -0.3 is 8.98 Å². The van der Waals surface area contributed by atoms with Gasteiger partial charge in [-0.1, -0.05) is 115 Å². The molecule has 0 fully saturated rings. The van der Waals surface area contributed by atoms with Crippen LogP contribution >= 0.6 is 0 Å². The fourth-order valence-electron chi connectivity index (χ4n) is 7.29. The largest absolute Gasteiger partial charge is 0.456 e. The first-order chi connectivity index (χ1) is 23.8. The summed E-state index contributed by atoms with van der Waals surface area (Å²) in [4.78, 5) is 10.6. The van der Waals surface area contributed by atoms with Crippen LogP contribution in [0.4, 0.5) is 0 Å². The molecule has 0 aliphatic rings. The van der Waals surface area contributed by atoms with Gasteiger partial charge in [-0.15, -0.1) is 0 Å². The van der Waals surface area contributed by atoms with Crippen molar-refractivity contribution in [2.45, 2.75) is 0 Å². The lowest BCUT2D eigenvalue weighted by Crippen LogP contribution is -1.96. The van der Waals surface area contributed by atoms with Gasteiger partial charge in [0, 0.05) is 38.4 Å². The molecule has 0 radical (unpaired) electrons. The van der Waals surface area contributed by atoms with E-state index in [2.05, 4.69) is 144 Å². The zero-order valence-corrected chi connectivity index (χ0v) is 25.8. The molecule has 10 rings (SSSR count). The second-order valence-corrected chi connectivity index (χ2v) is 12.2. The highest BCUT2D eigenvalue weighted by Crippen LogP contribution is 2.41. The Hall–Kier alpha value is -6.52. The van der Waals surface area contributed by atoms with Gasteiger partial charge in [0.05, 0.1) is 27.6 Å². The molecule has 0 aliphatic carbocycles. The lowest BCUT2D eigenvalue weighted by Gasteiger charge is -2.12. The Bertz CT molecular complexity index is 2830. The van der Waals surface area contributed by atoms with Crippen molar-refractivity contribution in [2.75, 3.05) is 0 Å². The van der Waals surface area contributed by atoms with E-state index in [0.29, 0.717) is 5.82 Å². The van der Waals surface area contributed by atoms with Crippen LogP contribution in [-0.4, -0.2) is 14.5 Å². The predicted molar refractivity (Wildman–Crippen MR) is 197 cm³/mol. The summed E-state index contributed by atoms with van der Waals surface area (Å²) in [5.41, 5.74) is 11.3. The van der Waals surface area contributed by atoms with Crippen molar-refractivity contribution in [2.24, 2.45) is 0 Å². The third-order valence-electron chi connectivity index (χ3n) is 9.40. The Kier molecular flexibility index (Phi) is 5.84. The highest BCUT2D eigenvalue weighted by atomic mass is 16.3. The molecule has 0 atom stereocenters. The molecule has 0 amide bonds. The molecule has 224 valence electrons. The lowest BCUT2D eigenvalue weighted by atomic mass is 9.97. The van der Waals surface area contributed by atoms with Gasteiger partial charge in [0.25, 0.3) is 0 Å². The van der Waals surface area contributed by atoms with Crippen LogP contribution in [-0.2, 0) is 0 Å². The first-order valence-corrected chi connectivity index (χ1v) is 16.2. The number of rotatable bonds is 4. The van der Waals surface area contributed by atoms with Gasteiger partial charge in [-0.05, 0) is 59.7 Å². The van der Waals surface area contributed by atoms with E-state index in [1.54, 1.807) is 0 Å². The molecule has 0 saturated carbocycles. The number of benzene rings is 7. The molecule has 0 spiro atoms. The molecule has 0 saturated heterocycles. The average molecular weight is 614 g/mol. The van der Waals surface area contributed by atoms with Crippen molar-refractivity contribution in [1.82, 2.24) is 14.5 Å². The Morgan fingerprint density at radius 3 is 2.00 bits per heavy atom. The van der Waals surface area contributed by atoms with Crippen LogP contribution in [0.1, 0.15) is 0 Å². The third kappa shape index (κ3) is 4.03. The number of para-hydroxylation sites is 3. The van der Waals surface area contributed by atoms with E-state index in [1.807, 2.05) is 24.3 Å². The Balaban J connectivity index is 1.23. The quantitative estimate of drug-likeness (QED) is 0.198. The summed E-state index contributed by atoms with van der Waals surface area (Å²) in [5, 5.41) is 5.51. The van der Waals surface area contributed by atoms with Gasteiger partial charge in [-0.2, -0.15) is 0 Å². The first kappa shape index (κ1) is 26.7. The van der Waals surface area contributed by atoms with E-state index in [4.69, 9.17) is 14.4 Å². The first-order valence-electron chi connectivity index (χ1n) is 16.2. The fraction of sp³-hybridized carbons (Fsp3) is 0. The Labute approximate surface area is 276 Å². The molecule has 7 aromatic carbocycles. The summed E-state index contributed by atoms with van der Waals surface area (Å²) in [7, 11) is 0. The van der Waals surface area contributed by atoms with Crippen molar-refractivity contribution in [3.8, 4) is 39.5 Å². The SMILES string of the molecule is c1ccc(-c2nc(-c3cccc(-c4cccc5c4c4ccccc4n5-c4ccccc4)c3)nc3c2ccc2oc4ccccc4c23)cc1. The van der Waals surface area contributed by atoms with Crippen molar-refractivity contribution < 1.29 is 4.42 Å². The molecule has 0 N–H and O–H groups in total. The Morgan fingerprint density at radius 1 is 0.438 bits per heavy atom. The number of aromatic nitrogens is 3. The topological polar surface area (TPSA) is 43.9 Å². The molecule has 3 heterocycles. The van der Waals surface area contributed by atoms with E-state index in [9.17, 15) is 0 Å². The second-order valence-electron chi connectivity index (χ2n) is 12.2. The van der Waals surface area contributed by atoms with Crippen molar-refractivity contribution in [3.63, 3.8) is 0 Å². The molecule has 48 heavy (non-hydrogen) atoms. The van der Waals surface area contributed by atoms with E-state index in [1.165, 1.54) is 27.4 Å². The van der Waals surface area contributed by atoms with Crippen LogP contribution in [0.15, 0.2) is 168 Å². The normalized spacial score (nSPS) is 11.8. The Morgan fingerprint density at radius 2 is 1.12 bits per heavy atom. The van der Waals surface area contributed by atoms with Crippen molar-refractivity contribution >= 4 is 54.6 Å².